The van der Waals surface area contributed by atoms with Gasteiger partial charge in [-0.25, -0.2) is 17.6 Å². The molecular weight excluding hydrogens is 479 g/mol. The van der Waals surface area contributed by atoms with Gasteiger partial charge in [-0.2, -0.15) is 0 Å². The number of rotatable bonds is 11. The average molecular weight is 505 g/mol. The molecule has 0 radical (unpaired) electrons. The first-order valence-electron chi connectivity index (χ1n) is 10.5. The number of phenolic OH excluding ortho intramolecular Hbond substituents is 1. The highest BCUT2D eigenvalue weighted by Gasteiger charge is 2.13. The predicted octanol–water partition coefficient (Wildman–Crippen LogP) is 2.97. The quantitative estimate of drug-likeness (QED) is 0.198. The first-order valence-corrected chi connectivity index (χ1v) is 12.4. The van der Waals surface area contributed by atoms with Gasteiger partial charge in [0.25, 0.3) is 0 Å². The van der Waals surface area contributed by atoms with Gasteiger partial charge in [0, 0.05) is 18.7 Å². The van der Waals surface area contributed by atoms with Crippen molar-refractivity contribution in [3.05, 3.63) is 77.6 Å². The van der Waals surface area contributed by atoms with E-state index in [9.17, 15) is 27.8 Å². The molecule has 3 aromatic carbocycles. The number of nitrogens with one attached hydrogen (secondary N) is 2. The summed E-state index contributed by atoms with van der Waals surface area (Å²) in [7, 11) is -3.58. The third-order valence-electron chi connectivity index (χ3n) is 4.97. The maximum atomic E-state index is 14.2. The highest BCUT2D eigenvalue weighted by molar-refractivity contribution is 7.92. The Morgan fingerprint density at radius 3 is 2.43 bits per heavy atom. The summed E-state index contributed by atoms with van der Waals surface area (Å²) in [5.41, 5.74) is 1.13. The molecule has 9 nitrogen and oxygen atoms in total. The molecule has 0 spiro atoms. The molecule has 35 heavy (non-hydrogen) atoms. The highest BCUT2D eigenvalue weighted by atomic mass is 32.2. The number of anilines is 1. The standard InChI is InChI=1S/C24H25FN2O7S/c1-35(32,33)27-21-13-16(5-9-22(21)28)23(29)14-26-10-11-34-18-6-2-15(3-7-18)19-8-4-17(24(30)31)12-20(19)25/h2-9,12-13,23,26-29H,10-11,14H2,1H3,(H,30,31)/t23-/m1/s1. The van der Waals surface area contributed by atoms with Gasteiger partial charge in [0.05, 0.1) is 23.6 Å². The number of phenols is 1. The molecule has 0 amide bonds. The number of carboxylic acids is 1. The molecule has 3 rings (SSSR count). The fraction of sp³-hybridized carbons (Fsp3) is 0.208. The number of aromatic carboxylic acids is 1. The summed E-state index contributed by atoms with van der Waals surface area (Å²) >= 11 is 0. The summed E-state index contributed by atoms with van der Waals surface area (Å²) in [5.74, 6) is -1.53. The Morgan fingerprint density at radius 2 is 1.80 bits per heavy atom. The van der Waals surface area contributed by atoms with Gasteiger partial charge in [0.15, 0.2) is 0 Å². The van der Waals surface area contributed by atoms with Gasteiger partial charge in [-0.15, -0.1) is 0 Å². The SMILES string of the molecule is CS(=O)(=O)Nc1cc([C@H](O)CNCCOc2ccc(-c3ccc(C(=O)O)cc3F)cc2)ccc1O. The van der Waals surface area contributed by atoms with E-state index in [-0.39, 0.29) is 35.7 Å². The number of hydrogen-bond donors (Lipinski definition) is 5. The zero-order chi connectivity index (χ0) is 25.6. The maximum absolute atomic E-state index is 14.2. The van der Waals surface area contributed by atoms with Crippen molar-refractivity contribution >= 4 is 21.7 Å². The number of halogens is 1. The molecule has 0 saturated heterocycles. The average Bonchev–Trinajstić information content (AvgIpc) is 2.79. The molecule has 5 N–H and O–H groups in total. The number of carbonyl (C=O) groups is 1. The Labute approximate surface area is 201 Å². The Bertz CT molecular complexity index is 1300. The number of aliphatic hydroxyl groups excluding tert-OH is 1. The van der Waals surface area contributed by atoms with E-state index in [0.29, 0.717) is 23.4 Å². The third kappa shape index (κ3) is 7.41. The second kappa shape index (κ2) is 11.2. The Hall–Kier alpha value is -3.67. The van der Waals surface area contributed by atoms with Gasteiger partial charge in [0.1, 0.15) is 23.9 Å². The molecule has 0 saturated carbocycles. The van der Waals surface area contributed by atoms with Gasteiger partial charge in [0.2, 0.25) is 10.0 Å². The monoisotopic (exact) mass is 504 g/mol. The molecular formula is C24H25FN2O7S. The lowest BCUT2D eigenvalue weighted by molar-refractivity contribution is 0.0696. The molecule has 0 fully saturated rings. The Balaban J connectivity index is 1.48. The second-order valence-electron chi connectivity index (χ2n) is 7.74. The lowest BCUT2D eigenvalue weighted by Gasteiger charge is -2.15. The normalized spacial score (nSPS) is 12.2. The van der Waals surface area contributed by atoms with Gasteiger partial charge in [-0.1, -0.05) is 24.3 Å². The van der Waals surface area contributed by atoms with E-state index < -0.39 is 27.9 Å². The van der Waals surface area contributed by atoms with Gasteiger partial charge < -0.3 is 25.4 Å². The van der Waals surface area contributed by atoms with E-state index >= 15 is 0 Å². The number of aliphatic hydroxyl groups is 1. The minimum absolute atomic E-state index is 0.0199. The molecule has 186 valence electrons. The zero-order valence-corrected chi connectivity index (χ0v) is 19.5. The zero-order valence-electron chi connectivity index (χ0n) is 18.7. The summed E-state index contributed by atoms with van der Waals surface area (Å²) in [5, 5.41) is 32.1. The first-order chi connectivity index (χ1) is 16.5. The van der Waals surface area contributed by atoms with Crippen LogP contribution in [0.25, 0.3) is 11.1 Å². The molecule has 0 aliphatic rings. The topological polar surface area (TPSA) is 145 Å². The summed E-state index contributed by atoms with van der Waals surface area (Å²) in [6, 6.07) is 14.5. The molecule has 11 heteroatoms. The fourth-order valence-corrected chi connectivity index (χ4v) is 3.82. The highest BCUT2D eigenvalue weighted by Crippen LogP contribution is 2.28. The van der Waals surface area contributed by atoms with Crippen LogP contribution in [0.15, 0.2) is 60.7 Å². The van der Waals surface area contributed by atoms with Crippen LogP contribution in [0.2, 0.25) is 0 Å². The van der Waals surface area contributed by atoms with Crippen LogP contribution in [-0.4, -0.2) is 55.7 Å². The summed E-state index contributed by atoms with van der Waals surface area (Å²) in [6.07, 6.45) is 0.0129. The van der Waals surface area contributed by atoms with Crippen molar-refractivity contribution in [1.29, 1.82) is 0 Å². The molecule has 1 atom stereocenters. The largest absolute Gasteiger partial charge is 0.506 e. The summed E-state index contributed by atoms with van der Waals surface area (Å²) in [6.45, 7) is 0.845. The number of aromatic hydroxyl groups is 1. The van der Waals surface area contributed by atoms with Crippen molar-refractivity contribution in [1.82, 2.24) is 5.32 Å². The van der Waals surface area contributed by atoms with Crippen molar-refractivity contribution in [2.24, 2.45) is 0 Å². The van der Waals surface area contributed by atoms with E-state index in [4.69, 9.17) is 9.84 Å². The van der Waals surface area contributed by atoms with Gasteiger partial charge in [-0.05, 0) is 47.5 Å². The molecule has 0 bridgehead atoms. The Kier molecular flexibility index (Phi) is 8.28. The first kappa shape index (κ1) is 25.9. The van der Waals surface area contributed by atoms with Crippen LogP contribution >= 0.6 is 0 Å². The van der Waals surface area contributed by atoms with E-state index in [1.54, 1.807) is 24.3 Å². The van der Waals surface area contributed by atoms with Crippen LogP contribution in [-0.2, 0) is 10.0 Å². The van der Waals surface area contributed by atoms with Gasteiger partial charge in [-0.3, -0.25) is 4.72 Å². The predicted molar refractivity (Wildman–Crippen MR) is 129 cm³/mol. The number of benzene rings is 3. The smallest absolute Gasteiger partial charge is 0.335 e. The molecule has 3 aromatic rings. The van der Waals surface area contributed by atoms with E-state index in [1.807, 2.05) is 0 Å². The minimum atomic E-state index is -3.58. The molecule has 0 aliphatic heterocycles. The van der Waals surface area contributed by atoms with E-state index in [1.165, 1.54) is 30.3 Å². The number of hydrogen-bond acceptors (Lipinski definition) is 7. The molecule has 0 heterocycles. The maximum Gasteiger partial charge on any atom is 0.335 e. The Morgan fingerprint density at radius 1 is 1.09 bits per heavy atom. The van der Waals surface area contributed by atoms with Crippen LogP contribution in [0.3, 0.4) is 0 Å². The van der Waals surface area contributed by atoms with Crippen LogP contribution in [0.5, 0.6) is 11.5 Å². The fourth-order valence-electron chi connectivity index (χ4n) is 3.25. The number of ether oxygens (including phenoxy) is 1. The molecule has 0 aromatic heterocycles. The van der Waals surface area contributed by atoms with Crippen molar-refractivity contribution < 1.29 is 37.7 Å². The third-order valence-corrected chi connectivity index (χ3v) is 5.56. The lowest BCUT2D eigenvalue weighted by Crippen LogP contribution is -2.26. The van der Waals surface area contributed by atoms with E-state index in [2.05, 4.69) is 10.0 Å². The van der Waals surface area contributed by atoms with Crippen LogP contribution in [0, 0.1) is 5.82 Å². The van der Waals surface area contributed by atoms with Crippen molar-refractivity contribution in [2.45, 2.75) is 6.10 Å². The molecule has 0 aliphatic carbocycles. The van der Waals surface area contributed by atoms with Crippen LogP contribution in [0.4, 0.5) is 10.1 Å². The van der Waals surface area contributed by atoms with Crippen molar-refractivity contribution in [2.75, 3.05) is 30.7 Å². The van der Waals surface area contributed by atoms with Crippen LogP contribution in [0.1, 0.15) is 22.0 Å². The van der Waals surface area contributed by atoms with E-state index in [0.717, 1.165) is 12.3 Å². The minimum Gasteiger partial charge on any atom is -0.506 e. The number of sulfonamides is 1. The summed E-state index contributed by atoms with van der Waals surface area (Å²) in [4.78, 5) is 10.9. The summed E-state index contributed by atoms with van der Waals surface area (Å²) < 4.78 is 44.8. The van der Waals surface area contributed by atoms with Crippen molar-refractivity contribution in [3.63, 3.8) is 0 Å². The lowest BCUT2D eigenvalue weighted by atomic mass is 10.0. The second-order valence-corrected chi connectivity index (χ2v) is 9.49. The number of carboxylic acid groups (broad SMARTS) is 1. The molecule has 0 unspecified atom stereocenters. The van der Waals surface area contributed by atoms with Crippen molar-refractivity contribution in [3.8, 4) is 22.6 Å². The van der Waals surface area contributed by atoms with Gasteiger partial charge >= 0.3 is 5.97 Å². The van der Waals surface area contributed by atoms with Crippen LogP contribution < -0.4 is 14.8 Å².